The summed E-state index contributed by atoms with van der Waals surface area (Å²) < 4.78 is 42.3. The first-order valence-corrected chi connectivity index (χ1v) is 12.2. The Kier molecular flexibility index (Phi) is 7.42. The van der Waals surface area contributed by atoms with E-state index in [0.717, 1.165) is 9.25 Å². The number of carbonyl (C=O) groups excluding carboxylic acids is 1. The van der Waals surface area contributed by atoms with Crippen molar-refractivity contribution in [2.75, 3.05) is 5.32 Å². The number of nitrogens with zero attached hydrogens (tertiary/aromatic N) is 8. The molecule has 41 heavy (non-hydrogen) atoms. The van der Waals surface area contributed by atoms with Crippen LogP contribution in [0.4, 0.5) is 19.0 Å². The predicted molar refractivity (Wildman–Crippen MR) is 139 cm³/mol. The zero-order chi connectivity index (χ0) is 29.3. The number of hydrogen-bond donors (Lipinski definition) is 3. The second kappa shape index (κ2) is 11.0. The van der Waals surface area contributed by atoms with Gasteiger partial charge in [-0.25, -0.2) is 24.1 Å². The number of aromatic nitrogens is 9. The number of benzene rings is 1. The van der Waals surface area contributed by atoms with Gasteiger partial charge in [-0.05, 0) is 43.3 Å². The molecule has 1 aromatic carbocycles. The number of pyridine rings is 1. The summed E-state index contributed by atoms with van der Waals surface area (Å²) in [7, 11) is 0. The second-order valence-corrected chi connectivity index (χ2v) is 9.21. The summed E-state index contributed by atoms with van der Waals surface area (Å²) >= 11 is 5.92. The van der Waals surface area contributed by atoms with E-state index in [2.05, 4.69) is 35.7 Å². The maximum Gasteiger partial charge on any atom is 0.416 e. The van der Waals surface area contributed by atoms with Gasteiger partial charge in [0, 0.05) is 22.5 Å². The molecule has 13 nitrogen and oxygen atoms in total. The number of hydrogen-bond acceptors (Lipinski definition) is 8. The van der Waals surface area contributed by atoms with Crippen molar-refractivity contribution in [3.63, 3.8) is 0 Å². The SMILES string of the molecule is Cc1[nH]ncc1C(=O)Nc1ncccc1-n1cnc(Cn2nc(-c3ccc(Cl)cc3)n(C[C@H](O)C(F)(F)F)c2=O)n1. The molecule has 0 bridgehead atoms. The molecular weight excluding hydrogens is 569 g/mol. The van der Waals surface area contributed by atoms with E-state index in [9.17, 15) is 27.9 Å². The molecule has 5 rings (SSSR count). The fraction of sp³-hybridized carbons (Fsp3) is 0.208. The van der Waals surface area contributed by atoms with E-state index < -0.39 is 30.4 Å². The van der Waals surface area contributed by atoms with Gasteiger partial charge in [0.15, 0.2) is 23.6 Å². The molecule has 0 aliphatic rings. The van der Waals surface area contributed by atoms with Crippen molar-refractivity contribution in [1.29, 1.82) is 0 Å². The van der Waals surface area contributed by atoms with Crippen LogP contribution in [0.3, 0.4) is 0 Å². The normalized spacial score (nSPS) is 12.4. The topological polar surface area (TPSA) is 161 Å². The average Bonchev–Trinajstić information content (AvgIpc) is 3.65. The predicted octanol–water partition coefficient (Wildman–Crippen LogP) is 2.60. The van der Waals surface area contributed by atoms with Gasteiger partial charge < -0.3 is 10.4 Å². The van der Waals surface area contributed by atoms with Crippen LogP contribution in [0.2, 0.25) is 5.02 Å². The van der Waals surface area contributed by atoms with Gasteiger partial charge in [-0.3, -0.25) is 14.5 Å². The summed E-state index contributed by atoms with van der Waals surface area (Å²) in [6.45, 7) is 0.311. The third-order valence-electron chi connectivity index (χ3n) is 5.93. The van der Waals surface area contributed by atoms with Gasteiger partial charge in [0.1, 0.15) is 18.6 Å². The maximum atomic E-state index is 13.1. The highest BCUT2D eigenvalue weighted by molar-refractivity contribution is 6.30. The smallest absolute Gasteiger partial charge is 0.382 e. The molecule has 0 saturated carbocycles. The van der Waals surface area contributed by atoms with Gasteiger partial charge in [-0.15, -0.1) is 10.2 Å². The Morgan fingerprint density at radius 3 is 2.61 bits per heavy atom. The van der Waals surface area contributed by atoms with Crippen LogP contribution in [0.1, 0.15) is 21.9 Å². The van der Waals surface area contributed by atoms with Crippen LogP contribution in [-0.2, 0) is 13.1 Å². The number of alkyl halides is 3. The first-order valence-electron chi connectivity index (χ1n) is 11.9. The van der Waals surface area contributed by atoms with Crippen molar-refractivity contribution in [1.82, 2.24) is 44.3 Å². The van der Waals surface area contributed by atoms with Crippen LogP contribution < -0.4 is 11.0 Å². The molecule has 4 heterocycles. The highest BCUT2D eigenvalue weighted by atomic mass is 35.5. The minimum atomic E-state index is -4.95. The summed E-state index contributed by atoms with van der Waals surface area (Å²) in [5, 5.41) is 27.8. The standard InChI is InChI=1S/C24H20ClF3N10O3/c1-13-16(9-31-33-13)22(40)32-20-17(3-2-8-29-20)38-12-30-19(34-38)11-37-23(41)36(10-18(39)24(26,27)28)21(35-37)14-4-6-15(25)7-5-14/h2-9,12,18,39H,10-11H2,1H3,(H,31,33)(H,29,32,40)/t18-/m0/s1. The summed E-state index contributed by atoms with van der Waals surface area (Å²) in [5.41, 5.74) is 0.631. The Morgan fingerprint density at radius 1 is 1.17 bits per heavy atom. The number of aromatic amines is 1. The molecule has 0 fully saturated rings. The molecule has 17 heteroatoms. The summed E-state index contributed by atoms with van der Waals surface area (Å²) in [5.74, 6) is -0.310. The van der Waals surface area contributed by atoms with Gasteiger partial charge in [0.25, 0.3) is 5.91 Å². The Balaban J connectivity index is 1.44. The number of halogens is 4. The quantitative estimate of drug-likeness (QED) is 0.249. The number of nitrogens with one attached hydrogen (secondary N) is 2. The molecule has 5 aromatic rings. The second-order valence-electron chi connectivity index (χ2n) is 8.78. The number of aliphatic hydroxyl groups is 1. The Labute approximate surface area is 233 Å². The van der Waals surface area contributed by atoms with Crippen molar-refractivity contribution < 1.29 is 23.1 Å². The number of amides is 1. The minimum absolute atomic E-state index is 0.0857. The molecule has 0 aliphatic heterocycles. The zero-order valence-corrected chi connectivity index (χ0v) is 21.8. The van der Waals surface area contributed by atoms with Crippen LogP contribution in [0.15, 0.2) is 59.9 Å². The highest BCUT2D eigenvalue weighted by Gasteiger charge is 2.39. The molecule has 1 atom stereocenters. The zero-order valence-electron chi connectivity index (χ0n) is 21.0. The molecular formula is C24H20ClF3N10O3. The first-order chi connectivity index (χ1) is 19.5. The number of rotatable bonds is 8. The number of carbonyl (C=O) groups is 1. The van der Waals surface area contributed by atoms with E-state index in [1.165, 1.54) is 47.7 Å². The molecule has 3 N–H and O–H groups in total. The Morgan fingerprint density at radius 2 is 1.93 bits per heavy atom. The molecule has 0 aliphatic carbocycles. The lowest BCUT2D eigenvalue weighted by Crippen LogP contribution is -2.37. The van der Waals surface area contributed by atoms with Crippen molar-refractivity contribution in [3.8, 4) is 17.1 Å². The summed E-state index contributed by atoms with van der Waals surface area (Å²) in [4.78, 5) is 34.2. The third-order valence-corrected chi connectivity index (χ3v) is 6.18. The molecule has 0 spiro atoms. The Bertz CT molecular complexity index is 1760. The van der Waals surface area contributed by atoms with E-state index in [1.54, 1.807) is 19.1 Å². The number of aliphatic hydroxyl groups excluding tert-OH is 1. The van der Waals surface area contributed by atoms with Crippen LogP contribution in [-0.4, -0.2) is 67.6 Å². The lowest BCUT2D eigenvalue weighted by molar-refractivity contribution is -0.207. The van der Waals surface area contributed by atoms with E-state index in [1.807, 2.05) is 0 Å². The molecule has 212 valence electrons. The molecule has 4 aromatic heterocycles. The first kappa shape index (κ1) is 27.7. The Hall–Kier alpha value is -4.83. The highest BCUT2D eigenvalue weighted by Crippen LogP contribution is 2.24. The maximum absolute atomic E-state index is 13.1. The van der Waals surface area contributed by atoms with E-state index in [0.29, 0.717) is 27.5 Å². The molecule has 0 unspecified atom stereocenters. The number of H-pyrrole nitrogens is 1. The van der Waals surface area contributed by atoms with Gasteiger partial charge in [-0.2, -0.15) is 18.3 Å². The number of aryl methyl sites for hydroxylation is 1. The van der Waals surface area contributed by atoms with Gasteiger partial charge in [0.05, 0.1) is 18.3 Å². The van der Waals surface area contributed by atoms with E-state index in [4.69, 9.17) is 11.6 Å². The fourth-order valence-electron chi connectivity index (χ4n) is 3.85. The van der Waals surface area contributed by atoms with Crippen LogP contribution >= 0.6 is 11.6 Å². The molecule has 0 radical (unpaired) electrons. The lowest BCUT2D eigenvalue weighted by atomic mass is 10.2. The van der Waals surface area contributed by atoms with Gasteiger partial charge >= 0.3 is 11.9 Å². The molecule has 1 amide bonds. The van der Waals surface area contributed by atoms with E-state index >= 15 is 0 Å². The van der Waals surface area contributed by atoms with Crippen molar-refractivity contribution in [3.05, 3.63) is 87.7 Å². The van der Waals surface area contributed by atoms with Crippen LogP contribution in [0, 0.1) is 6.92 Å². The van der Waals surface area contributed by atoms with Gasteiger partial charge in [0.2, 0.25) is 0 Å². The molecule has 0 saturated heterocycles. The summed E-state index contributed by atoms with van der Waals surface area (Å²) in [6, 6.07) is 9.20. The average molecular weight is 589 g/mol. The van der Waals surface area contributed by atoms with Crippen molar-refractivity contribution >= 4 is 23.3 Å². The number of anilines is 1. The van der Waals surface area contributed by atoms with Crippen molar-refractivity contribution in [2.45, 2.75) is 32.3 Å². The van der Waals surface area contributed by atoms with Gasteiger partial charge in [-0.1, -0.05) is 11.6 Å². The summed E-state index contributed by atoms with van der Waals surface area (Å²) in [6.07, 6.45) is -3.58. The fourth-order valence-corrected chi connectivity index (χ4v) is 3.98. The largest absolute Gasteiger partial charge is 0.416 e. The third kappa shape index (κ3) is 5.87. The van der Waals surface area contributed by atoms with Crippen molar-refractivity contribution in [2.24, 2.45) is 0 Å². The lowest BCUT2D eigenvalue weighted by Gasteiger charge is -2.15. The minimum Gasteiger partial charge on any atom is -0.382 e. The van der Waals surface area contributed by atoms with Crippen LogP contribution in [0.25, 0.3) is 17.1 Å². The van der Waals surface area contributed by atoms with E-state index in [-0.39, 0.29) is 24.0 Å². The van der Waals surface area contributed by atoms with Crippen LogP contribution in [0.5, 0.6) is 0 Å². The monoisotopic (exact) mass is 588 g/mol.